The summed E-state index contributed by atoms with van der Waals surface area (Å²) in [6.07, 6.45) is -3.81. The molecule has 3 rings (SSSR count). The Morgan fingerprint density at radius 3 is 2.81 bits per heavy atom. The highest BCUT2D eigenvalue weighted by atomic mass is 19.4. The molecule has 1 aliphatic heterocycles. The van der Waals surface area contributed by atoms with E-state index >= 15 is 0 Å². The summed E-state index contributed by atoms with van der Waals surface area (Å²) >= 11 is 0. The number of nitrogens with zero attached hydrogens (tertiary/aromatic N) is 3. The molecule has 1 fully saturated rings. The fraction of sp³-hybridized carbons (Fsp3) is 0.462. The van der Waals surface area contributed by atoms with Gasteiger partial charge < -0.3 is 4.90 Å². The first-order valence-electron chi connectivity index (χ1n) is 6.61. The van der Waals surface area contributed by atoms with Gasteiger partial charge in [0.1, 0.15) is 11.0 Å². The quantitative estimate of drug-likeness (QED) is 0.879. The summed E-state index contributed by atoms with van der Waals surface area (Å²) < 4.78 is 38.4. The molecule has 112 valence electrons. The summed E-state index contributed by atoms with van der Waals surface area (Å²) in [5.41, 5.74) is 1.46. The van der Waals surface area contributed by atoms with Crippen LogP contribution >= 0.6 is 0 Å². The normalized spacial score (nSPS) is 20.0. The van der Waals surface area contributed by atoms with Crippen molar-refractivity contribution >= 4 is 16.9 Å². The molecule has 0 bridgehead atoms. The summed E-state index contributed by atoms with van der Waals surface area (Å²) in [6, 6.07) is 4.72. The van der Waals surface area contributed by atoms with E-state index in [0.717, 1.165) is 0 Å². The zero-order chi connectivity index (χ0) is 15.0. The standard InChI is InChI=1S/C13H13F3N4O/c14-13(15,16)9-2-1-5-20(7-9)12(21)8-3-4-10-11(6-8)18-19-17-10/h3-4,6,9H,1-2,5,7H2,(H,17,18,19)/t9-/m1/s1. The fourth-order valence-corrected chi connectivity index (χ4v) is 2.58. The molecule has 1 saturated heterocycles. The Morgan fingerprint density at radius 2 is 2.05 bits per heavy atom. The van der Waals surface area contributed by atoms with Crippen molar-refractivity contribution in [2.75, 3.05) is 13.1 Å². The topological polar surface area (TPSA) is 61.9 Å². The van der Waals surface area contributed by atoms with Crippen molar-refractivity contribution in [1.29, 1.82) is 0 Å². The Labute approximate surface area is 118 Å². The number of likely N-dealkylation sites (tertiary alicyclic amines) is 1. The van der Waals surface area contributed by atoms with Gasteiger partial charge in [-0.15, -0.1) is 0 Å². The highest BCUT2D eigenvalue weighted by Crippen LogP contribution is 2.33. The van der Waals surface area contributed by atoms with Gasteiger partial charge >= 0.3 is 6.18 Å². The Hall–Kier alpha value is -2.12. The predicted molar refractivity (Wildman–Crippen MR) is 68.6 cm³/mol. The van der Waals surface area contributed by atoms with Crippen LogP contribution in [-0.4, -0.2) is 45.5 Å². The number of aromatic amines is 1. The number of hydrogen-bond acceptors (Lipinski definition) is 3. The maximum absolute atomic E-state index is 12.8. The van der Waals surface area contributed by atoms with Crippen LogP contribution < -0.4 is 0 Å². The number of aromatic nitrogens is 3. The van der Waals surface area contributed by atoms with Crippen molar-refractivity contribution in [3.05, 3.63) is 23.8 Å². The van der Waals surface area contributed by atoms with Gasteiger partial charge in [0.25, 0.3) is 5.91 Å². The van der Waals surface area contributed by atoms with Crippen LogP contribution in [0.15, 0.2) is 18.2 Å². The van der Waals surface area contributed by atoms with Gasteiger partial charge in [-0.1, -0.05) is 0 Å². The minimum Gasteiger partial charge on any atom is -0.338 e. The number of benzene rings is 1. The molecule has 2 heterocycles. The number of H-pyrrole nitrogens is 1. The zero-order valence-electron chi connectivity index (χ0n) is 11.0. The number of carbonyl (C=O) groups excluding carboxylic acids is 1. The highest BCUT2D eigenvalue weighted by molar-refractivity contribution is 5.97. The summed E-state index contributed by atoms with van der Waals surface area (Å²) in [5, 5.41) is 10.2. The molecule has 0 radical (unpaired) electrons. The number of amides is 1. The van der Waals surface area contributed by atoms with Gasteiger partial charge in [0, 0.05) is 18.7 Å². The third kappa shape index (κ3) is 2.70. The number of hydrogen-bond donors (Lipinski definition) is 1. The van der Waals surface area contributed by atoms with Crippen molar-refractivity contribution in [3.8, 4) is 0 Å². The number of halogens is 3. The van der Waals surface area contributed by atoms with Gasteiger partial charge in [-0.25, -0.2) is 0 Å². The molecule has 1 amide bonds. The fourth-order valence-electron chi connectivity index (χ4n) is 2.58. The summed E-state index contributed by atoms with van der Waals surface area (Å²) in [6.45, 7) is 0.0709. The molecule has 0 aliphatic carbocycles. The van der Waals surface area contributed by atoms with Crippen molar-refractivity contribution < 1.29 is 18.0 Å². The molecule has 1 atom stereocenters. The zero-order valence-corrected chi connectivity index (χ0v) is 11.0. The smallest absolute Gasteiger partial charge is 0.338 e. The average Bonchev–Trinajstić information content (AvgIpc) is 2.93. The summed E-state index contributed by atoms with van der Waals surface area (Å²) in [5.74, 6) is -1.83. The van der Waals surface area contributed by atoms with Gasteiger partial charge in [-0.05, 0) is 31.0 Å². The summed E-state index contributed by atoms with van der Waals surface area (Å²) in [7, 11) is 0. The molecule has 1 aromatic heterocycles. The van der Waals surface area contributed by atoms with E-state index in [-0.39, 0.29) is 13.0 Å². The Balaban J connectivity index is 1.80. The van der Waals surface area contributed by atoms with Crippen molar-refractivity contribution in [2.24, 2.45) is 5.92 Å². The minimum absolute atomic E-state index is 0.0790. The Morgan fingerprint density at radius 1 is 1.29 bits per heavy atom. The van der Waals surface area contributed by atoms with E-state index in [1.165, 1.54) is 4.90 Å². The second-order valence-electron chi connectivity index (χ2n) is 5.16. The lowest BCUT2D eigenvalue weighted by molar-refractivity contribution is -0.184. The van der Waals surface area contributed by atoms with Gasteiger partial charge in [0.2, 0.25) is 0 Å². The van der Waals surface area contributed by atoms with E-state index < -0.39 is 18.0 Å². The van der Waals surface area contributed by atoms with Crippen LogP contribution in [0.25, 0.3) is 11.0 Å². The van der Waals surface area contributed by atoms with Gasteiger partial charge in [-0.3, -0.25) is 4.79 Å². The van der Waals surface area contributed by atoms with E-state index in [4.69, 9.17) is 0 Å². The van der Waals surface area contributed by atoms with Crippen LogP contribution in [0.1, 0.15) is 23.2 Å². The second kappa shape index (κ2) is 5.01. The van der Waals surface area contributed by atoms with Crippen LogP contribution in [-0.2, 0) is 0 Å². The van der Waals surface area contributed by atoms with Crippen LogP contribution in [0.4, 0.5) is 13.2 Å². The molecule has 8 heteroatoms. The van der Waals surface area contributed by atoms with E-state index in [2.05, 4.69) is 15.4 Å². The predicted octanol–water partition coefficient (Wildman–Crippen LogP) is 2.37. The van der Waals surface area contributed by atoms with Crippen molar-refractivity contribution in [3.63, 3.8) is 0 Å². The number of alkyl halides is 3. The molecule has 0 spiro atoms. The second-order valence-corrected chi connectivity index (χ2v) is 5.16. The lowest BCUT2D eigenvalue weighted by atomic mass is 9.97. The molecule has 0 saturated carbocycles. The average molecular weight is 298 g/mol. The number of piperidine rings is 1. The number of carbonyl (C=O) groups is 1. The summed E-state index contributed by atoms with van der Waals surface area (Å²) in [4.78, 5) is 13.6. The van der Waals surface area contributed by atoms with Gasteiger partial charge in [0.15, 0.2) is 0 Å². The van der Waals surface area contributed by atoms with Gasteiger partial charge in [0.05, 0.1) is 5.92 Å². The largest absolute Gasteiger partial charge is 0.393 e. The highest BCUT2D eigenvalue weighted by Gasteiger charge is 2.42. The van der Waals surface area contributed by atoms with E-state index in [0.29, 0.717) is 29.6 Å². The third-order valence-electron chi connectivity index (χ3n) is 3.73. The molecule has 1 aromatic carbocycles. The first-order valence-corrected chi connectivity index (χ1v) is 6.61. The number of fused-ring (bicyclic) bond motifs is 1. The van der Waals surface area contributed by atoms with E-state index in [9.17, 15) is 18.0 Å². The Kier molecular flexibility index (Phi) is 3.30. The molecule has 1 N–H and O–H groups in total. The monoisotopic (exact) mass is 298 g/mol. The van der Waals surface area contributed by atoms with Crippen LogP contribution in [0.5, 0.6) is 0 Å². The maximum Gasteiger partial charge on any atom is 0.393 e. The molecular weight excluding hydrogens is 285 g/mol. The van der Waals surface area contributed by atoms with E-state index in [1.807, 2.05) is 0 Å². The Bertz CT molecular complexity index is 667. The molecule has 5 nitrogen and oxygen atoms in total. The molecule has 1 aliphatic rings. The maximum atomic E-state index is 12.8. The first-order chi connectivity index (χ1) is 9.95. The minimum atomic E-state index is -4.25. The number of nitrogens with one attached hydrogen (secondary N) is 1. The lowest BCUT2D eigenvalue weighted by Crippen LogP contribution is -2.44. The van der Waals surface area contributed by atoms with Crippen molar-refractivity contribution in [2.45, 2.75) is 19.0 Å². The molecule has 21 heavy (non-hydrogen) atoms. The first kappa shape index (κ1) is 13.8. The third-order valence-corrected chi connectivity index (χ3v) is 3.73. The van der Waals surface area contributed by atoms with Crippen LogP contribution in [0, 0.1) is 5.92 Å². The van der Waals surface area contributed by atoms with Crippen molar-refractivity contribution in [1.82, 2.24) is 20.3 Å². The SMILES string of the molecule is O=C(c1ccc2n[nH]nc2c1)N1CCC[C@@H](C(F)(F)F)C1. The molecule has 2 aromatic rings. The van der Waals surface area contributed by atoms with Crippen LogP contribution in [0.2, 0.25) is 0 Å². The van der Waals surface area contributed by atoms with Gasteiger partial charge in [-0.2, -0.15) is 28.6 Å². The lowest BCUT2D eigenvalue weighted by Gasteiger charge is -2.33. The van der Waals surface area contributed by atoms with Crippen LogP contribution in [0.3, 0.4) is 0 Å². The van der Waals surface area contributed by atoms with E-state index in [1.54, 1.807) is 18.2 Å². The molecular formula is C13H13F3N4O. The number of rotatable bonds is 1. The molecule has 0 unspecified atom stereocenters.